The van der Waals surface area contributed by atoms with Crippen molar-refractivity contribution in [1.29, 1.82) is 0 Å². The van der Waals surface area contributed by atoms with E-state index in [1.807, 2.05) is 46.0 Å². The van der Waals surface area contributed by atoms with Crippen molar-refractivity contribution in [3.05, 3.63) is 95.3 Å². The standard InChI is InChI=1S/C25H27F3N2O/c1-2-3-7-15-30(24(31)21-11-5-4-6-12-21)19-23-14-9-16-29(23)18-20-10-8-13-22(17-20)25(26,27)28/h4-6,8-14,16-17H,2-3,7,15,18-19H2,1H3. The predicted molar refractivity (Wildman–Crippen MR) is 116 cm³/mol. The van der Waals surface area contributed by atoms with Crippen LogP contribution in [0.15, 0.2) is 72.9 Å². The van der Waals surface area contributed by atoms with Crippen molar-refractivity contribution in [2.24, 2.45) is 0 Å². The summed E-state index contributed by atoms with van der Waals surface area (Å²) in [5.74, 6) is -0.0384. The van der Waals surface area contributed by atoms with Crippen molar-refractivity contribution in [2.45, 2.75) is 45.5 Å². The van der Waals surface area contributed by atoms with Crippen LogP contribution < -0.4 is 0 Å². The fraction of sp³-hybridized carbons (Fsp3) is 0.320. The Kier molecular flexibility index (Phi) is 7.55. The molecule has 31 heavy (non-hydrogen) atoms. The third-order valence-electron chi connectivity index (χ3n) is 5.22. The molecule has 6 heteroatoms. The lowest BCUT2D eigenvalue weighted by Gasteiger charge is -2.24. The molecular formula is C25H27F3N2O. The molecule has 0 aliphatic rings. The van der Waals surface area contributed by atoms with Crippen LogP contribution in [0.5, 0.6) is 0 Å². The average molecular weight is 428 g/mol. The topological polar surface area (TPSA) is 25.2 Å². The fourth-order valence-corrected chi connectivity index (χ4v) is 3.55. The van der Waals surface area contributed by atoms with E-state index in [0.29, 0.717) is 30.8 Å². The van der Waals surface area contributed by atoms with Gasteiger partial charge in [-0.05, 0) is 48.4 Å². The summed E-state index contributed by atoms with van der Waals surface area (Å²) in [4.78, 5) is 14.9. The number of carbonyl (C=O) groups is 1. The number of aromatic nitrogens is 1. The summed E-state index contributed by atoms with van der Waals surface area (Å²) < 4.78 is 41.0. The molecule has 0 fully saturated rings. The first-order chi connectivity index (χ1) is 14.9. The van der Waals surface area contributed by atoms with Gasteiger partial charge in [0.1, 0.15) is 0 Å². The van der Waals surface area contributed by atoms with Gasteiger partial charge in [-0.1, -0.05) is 50.1 Å². The highest BCUT2D eigenvalue weighted by Crippen LogP contribution is 2.29. The van der Waals surface area contributed by atoms with E-state index in [4.69, 9.17) is 0 Å². The number of hydrogen-bond acceptors (Lipinski definition) is 1. The molecule has 3 aromatic rings. The number of hydrogen-bond donors (Lipinski definition) is 0. The molecule has 0 N–H and O–H groups in total. The monoisotopic (exact) mass is 428 g/mol. The number of nitrogens with zero attached hydrogens (tertiary/aromatic N) is 2. The lowest BCUT2D eigenvalue weighted by Crippen LogP contribution is -2.32. The van der Waals surface area contributed by atoms with Crippen molar-refractivity contribution in [1.82, 2.24) is 9.47 Å². The highest BCUT2D eigenvalue weighted by molar-refractivity contribution is 5.94. The quantitative estimate of drug-likeness (QED) is 0.363. The van der Waals surface area contributed by atoms with Crippen LogP contribution in [0.3, 0.4) is 0 Å². The van der Waals surface area contributed by atoms with E-state index in [-0.39, 0.29) is 5.91 Å². The van der Waals surface area contributed by atoms with Gasteiger partial charge >= 0.3 is 6.18 Å². The van der Waals surface area contributed by atoms with Crippen molar-refractivity contribution < 1.29 is 18.0 Å². The number of unbranched alkanes of at least 4 members (excludes halogenated alkanes) is 2. The minimum Gasteiger partial charge on any atom is -0.345 e. The van der Waals surface area contributed by atoms with Crippen molar-refractivity contribution >= 4 is 5.91 Å². The predicted octanol–water partition coefficient (Wildman–Crippen LogP) is 6.39. The fourth-order valence-electron chi connectivity index (χ4n) is 3.55. The summed E-state index contributed by atoms with van der Waals surface area (Å²) in [6.07, 6.45) is 0.465. The Morgan fingerprint density at radius 2 is 1.74 bits per heavy atom. The summed E-state index contributed by atoms with van der Waals surface area (Å²) in [6.45, 7) is 3.47. The molecule has 0 unspecified atom stereocenters. The molecule has 0 aliphatic carbocycles. The minimum absolute atomic E-state index is 0.0384. The molecule has 0 saturated heterocycles. The molecule has 2 aromatic carbocycles. The number of halogens is 3. The molecule has 3 nitrogen and oxygen atoms in total. The Morgan fingerprint density at radius 1 is 0.968 bits per heavy atom. The first-order valence-electron chi connectivity index (χ1n) is 10.5. The van der Waals surface area contributed by atoms with Gasteiger partial charge < -0.3 is 9.47 Å². The molecule has 3 rings (SSSR count). The second kappa shape index (κ2) is 10.3. The SMILES string of the molecule is CCCCCN(Cc1cccn1Cc1cccc(C(F)(F)F)c1)C(=O)c1ccccc1. The lowest BCUT2D eigenvalue weighted by atomic mass is 10.1. The molecule has 0 radical (unpaired) electrons. The van der Waals surface area contributed by atoms with Crippen LogP contribution in [0.4, 0.5) is 13.2 Å². The molecule has 0 bridgehead atoms. The van der Waals surface area contributed by atoms with E-state index in [1.54, 1.807) is 18.2 Å². The Balaban J connectivity index is 1.79. The van der Waals surface area contributed by atoms with Gasteiger partial charge in [0.25, 0.3) is 5.91 Å². The molecule has 1 amide bonds. The number of benzene rings is 2. The summed E-state index contributed by atoms with van der Waals surface area (Å²) >= 11 is 0. The van der Waals surface area contributed by atoms with Crippen LogP contribution in [-0.2, 0) is 19.3 Å². The first kappa shape index (κ1) is 22.7. The van der Waals surface area contributed by atoms with Crippen LogP contribution in [0.1, 0.15) is 53.4 Å². The number of amides is 1. The molecular weight excluding hydrogens is 401 g/mol. The van der Waals surface area contributed by atoms with E-state index in [1.165, 1.54) is 12.1 Å². The summed E-state index contributed by atoms with van der Waals surface area (Å²) in [5, 5.41) is 0. The van der Waals surface area contributed by atoms with Gasteiger partial charge in [-0.15, -0.1) is 0 Å². The Hall–Kier alpha value is -3.02. The smallest absolute Gasteiger partial charge is 0.345 e. The van der Waals surface area contributed by atoms with Crippen LogP contribution in [0.2, 0.25) is 0 Å². The van der Waals surface area contributed by atoms with Gasteiger partial charge in [0.15, 0.2) is 0 Å². The maximum atomic E-state index is 13.1. The maximum Gasteiger partial charge on any atom is 0.416 e. The highest BCUT2D eigenvalue weighted by Gasteiger charge is 2.30. The average Bonchev–Trinajstić information content (AvgIpc) is 3.19. The molecule has 1 heterocycles. The van der Waals surface area contributed by atoms with E-state index in [9.17, 15) is 18.0 Å². The normalized spacial score (nSPS) is 11.5. The van der Waals surface area contributed by atoms with Gasteiger partial charge in [0.2, 0.25) is 0 Å². The number of carbonyl (C=O) groups excluding carboxylic acids is 1. The van der Waals surface area contributed by atoms with Gasteiger partial charge in [-0.2, -0.15) is 13.2 Å². The zero-order chi connectivity index (χ0) is 22.3. The second-order valence-corrected chi connectivity index (χ2v) is 7.63. The Labute approximate surface area is 181 Å². The number of rotatable bonds is 9. The van der Waals surface area contributed by atoms with Crippen LogP contribution in [0.25, 0.3) is 0 Å². The molecule has 0 saturated carbocycles. The number of alkyl halides is 3. The van der Waals surface area contributed by atoms with Crippen molar-refractivity contribution in [3.63, 3.8) is 0 Å². The van der Waals surface area contributed by atoms with Crippen LogP contribution >= 0.6 is 0 Å². The third-order valence-corrected chi connectivity index (χ3v) is 5.22. The van der Waals surface area contributed by atoms with Crippen LogP contribution in [0, 0.1) is 0 Å². The van der Waals surface area contributed by atoms with Crippen molar-refractivity contribution in [2.75, 3.05) is 6.54 Å². The first-order valence-corrected chi connectivity index (χ1v) is 10.5. The lowest BCUT2D eigenvalue weighted by molar-refractivity contribution is -0.137. The van der Waals surface area contributed by atoms with Crippen molar-refractivity contribution in [3.8, 4) is 0 Å². The molecule has 0 aliphatic heterocycles. The largest absolute Gasteiger partial charge is 0.416 e. The highest BCUT2D eigenvalue weighted by atomic mass is 19.4. The molecule has 0 spiro atoms. The van der Waals surface area contributed by atoms with E-state index in [0.717, 1.165) is 31.0 Å². The summed E-state index contributed by atoms with van der Waals surface area (Å²) in [6, 6.07) is 18.3. The molecule has 0 atom stereocenters. The minimum atomic E-state index is -4.37. The van der Waals surface area contributed by atoms with Gasteiger partial charge in [-0.25, -0.2) is 0 Å². The Morgan fingerprint density at radius 3 is 2.45 bits per heavy atom. The van der Waals surface area contributed by atoms with E-state index < -0.39 is 11.7 Å². The van der Waals surface area contributed by atoms with E-state index in [2.05, 4.69) is 6.92 Å². The molecule has 164 valence electrons. The zero-order valence-electron chi connectivity index (χ0n) is 17.6. The summed E-state index contributed by atoms with van der Waals surface area (Å²) in [5.41, 5.74) is 1.44. The molecule has 1 aromatic heterocycles. The third kappa shape index (κ3) is 6.23. The summed E-state index contributed by atoms with van der Waals surface area (Å²) in [7, 11) is 0. The second-order valence-electron chi connectivity index (χ2n) is 7.63. The van der Waals surface area contributed by atoms with Gasteiger partial charge in [0, 0.05) is 30.5 Å². The Bertz CT molecular complexity index is 980. The van der Waals surface area contributed by atoms with Gasteiger partial charge in [0.05, 0.1) is 12.1 Å². The maximum absolute atomic E-state index is 13.1. The zero-order valence-corrected chi connectivity index (χ0v) is 17.6. The van der Waals surface area contributed by atoms with Crippen LogP contribution in [-0.4, -0.2) is 21.9 Å². The van der Waals surface area contributed by atoms with Gasteiger partial charge in [-0.3, -0.25) is 4.79 Å². The van der Waals surface area contributed by atoms with E-state index >= 15 is 0 Å².